The van der Waals surface area contributed by atoms with Gasteiger partial charge < -0.3 is 10.0 Å². The van der Waals surface area contributed by atoms with Gasteiger partial charge in [0, 0.05) is 25.7 Å². The number of nitrogens with one attached hydrogen (secondary N) is 1. The number of hydrogen-bond acceptors (Lipinski definition) is 5. The monoisotopic (exact) mass is 354 g/mol. The normalized spacial score (nSPS) is 37.0. The fourth-order valence-electron chi connectivity index (χ4n) is 5.38. The molecule has 0 amide bonds. The third-order valence-electron chi connectivity index (χ3n) is 6.63. The van der Waals surface area contributed by atoms with E-state index < -0.39 is 0 Å². The first-order valence-electron chi connectivity index (χ1n) is 9.91. The van der Waals surface area contributed by atoms with Gasteiger partial charge in [-0.1, -0.05) is 37.3 Å². The lowest BCUT2D eigenvalue weighted by atomic mass is 9.66. The van der Waals surface area contributed by atoms with Gasteiger partial charge in [-0.25, -0.2) is 10.4 Å². The second-order valence-electron chi connectivity index (χ2n) is 8.28. The Morgan fingerprint density at radius 3 is 2.77 bits per heavy atom. The minimum absolute atomic E-state index is 0.211. The summed E-state index contributed by atoms with van der Waals surface area (Å²) >= 11 is 0. The predicted octanol–water partition coefficient (Wildman–Crippen LogP) is 2.69. The standard InChI is InChI=1S/C21H30N4O/c1-14-10-16(15-6-4-3-5-7-15)11-18-19(26)12-17(20(14)18)13-23-24-21-22-8-9-25(21)2/h3-7,13-14,16-20,26H,8-12H2,1-2H3,(H,22,24)/b23-13+/t14-,16+,17-,18-,19-,20-/m1/s1. The molecular weight excluding hydrogens is 324 g/mol. The molecule has 0 bridgehead atoms. The molecule has 140 valence electrons. The molecule has 2 saturated carbocycles. The van der Waals surface area contributed by atoms with Crippen LogP contribution in [-0.4, -0.2) is 48.4 Å². The van der Waals surface area contributed by atoms with Gasteiger partial charge in [0.1, 0.15) is 0 Å². The molecule has 5 nitrogen and oxygen atoms in total. The summed E-state index contributed by atoms with van der Waals surface area (Å²) in [6, 6.07) is 10.8. The van der Waals surface area contributed by atoms with Gasteiger partial charge in [0.2, 0.25) is 5.96 Å². The Hall–Kier alpha value is -1.88. The van der Waals surface area contributed by atoms with Gasteiger partial charge in [-0.3, -0.25) is 0 Å². The van der Waals surface area contributed by atoms with Crippen molar-refractivity contribution < 1.29 is 5.11 Å². The summed E-state index contributed by atoms with van der Waals surface area (Å²) < 4.78 is 0. The molecule has 1 aromatic carbocycles. The second kappa shape index (κ2) is 7.39. The van der Waals surface area contributed by atoms with Crippen molar-refractivity contribution in [1.29, 1.82) is 0 Å². The SMILES string of the molecule is C[C@@H]1C[C@H](c2ccccc2)C[C@H]2[C@H]1[C@@H](/C=N/NC1=NCCN1C)C[C@H]2O. The topological polar surface area (TPSA) is 60.2 Å². The zero-order chi connectivity index (χ0) is 18.1. The van der Waals surface area contributed by atoms with E-state index >= 15 is 0 Å². The molecule has 0 radical (unpaired) electrons. The predicted molar refractivity (Wildman–Crippen MR) is 105 cm³/mol. The van der Waals surface area contributed by atoms with Gasteiger partial charge in [0.25, 0.3) is 0 Å². The smallest absolute Gasteiger partial charge is 0.214 e. The van der Waals surface area contributed by atoms with Crippen molar-refractivity contribution in [3.8, 4) is 0 Å². The van der Waals surface area contributed by atoms with E-state index in [1.807, 2.05) is 13.3 Å². The summed E-state index contributed by atoms with van der Waals surface area (Å²) in [4.78, 5) is 6.48. The fraction of sp³-hybridized carbons (Fsp3) is 0.619. The highest BCUT2D eigenvalue weighted by atomic mass is 16.3. The summed E-state index contributed by atoms with van der Waals surface area (Å²) in [5.41, 5.74) is 4.50. The molecule has 0 spiro atoms. The zero-order valence-electron chi connectivity index (χ0n) is 15.8. The van der Waals surface area contributed by atoms with Crippen LogP contribution in [0.4, 0.5) is 0 Å². The van der Waals surface area contributed by atoms with Crippen LogP contribution in [0.5, 0.6) is 0 Å². The number of aliphatic hydroxyl groups excluding tert-OH is 1. The highest BCUT2D eigenvalue weighted by Crippen LogP contribution is 2.52. The van der Waals surface area contributed by atoms with Crippen molar-refractivity contribution in [1.82, 2.24) is 10.3 Å². The maximum Gasteiger partial charge on any atom is 0.214 e. The molecule has 0 saturated heterocycles. The number of fused-ring (bicyclic) bond motifs is 1. The molecule has 6 atom stereocenters. The molecule has 26 heavy (non-hydrogen) atoms. The highest BCUT2D eigenvalue weighted by Gasteiger charge is 2.48. The van der Waals surface area contributed by atoms with Gasteiger partial charge in [0.15, 0.2) is 0 Å². The first-order chi connectivity index (χ1) is 12.6. The van der Waals surface area contributed by atoms with Crippen LogP contribution in [0.2, 0.25) is 0 Å². The van der Waals surface area contributed by atoms with Crippen molar-refractivity contribution in [2.45, 2.75) is 38.2 Å². The highest BCUT2D eigenvalue weighted by molar-refractivity contribution is 5.81. The van der Waals surface area contributed by atoms with Crippen LogP contribution in [-0.2, 0) is 0 Å². The van der Waals surface area contributed by atoms with Crippen LogP contribution in [0.1, 0.15) is 37.7 Å². The molecule has 2 fully saturated rings. The van der Waals surface area contributed by atoms with E-state index in [0.29, 0.717) is 29.6 Å². The van der Waals surface area contributed by atoms with Crippen molar-refractivity contribution in [2.24, 2.45) is 33.8 Å². The van der Waals surface area contributed by atoms with Crippen molar-refractivity contribution in [3.05, 3.63) is 35.9 Å². The lowest BCUT2D eigenvalue weighted by Crippen LogP contribution is -2.35. The summed E-state index contributed by atoms with van der Waals surface area (Å²) in [5, 5.41) is 15.2. The molecule has 3 aliphatic rings. The van der Waals surface area contributed by atoms with Gasteiger partial charge in [-0.15, -0.1) is 0 Å². The molecule has 1 heterocycles. The Bertz CT molecular complexity index is 674. The molecule has 2 N–H and O–H groups in total. The summed E-state index contributed by atoms with van der Waals surface area (Å²) in [6.07, 6.45) is 4.94. The maximum atomic E-state index is 10.7. The van der Waals surface area contributed by atoms with E-state index in [2.05, 4.69) is 57.7 Å². The van der Waals surface area contributed by atoms with E-state index in [9.17, 15) is 5.11 Å². The number of aliphatic hydroxyl groups is 1. The molecule has 5 heteroatoms. The van der Waals surface area contributed by atoms with Crippen LogP contribution < -0.4 is 5.43 Å². The number of hydrogen-bond donors (Lipinski definition) is 2. The Balaban J connectivity index is 1.43. The van der Waals surface area contributed by atoms with E-state index in [4.69, 9.17) is 0 Å². The van der Waals surface area contributed by atoms with Gasteiger partial charge in [-0.05, 0) is 48.5 Å². The fourth-order valence-corrected chi connectivity index (χ4v) is 5.38. The average molecular weight is 354 g/mol. The minimum Gasteiger partial charge on any atom is -0.393 e. The van der Waals surface area contributed by atoms with E-state index in [-0.39, 0.29) is 6.10 Å². The van der Waals surface area contributed by atoms with Gasteiger partial charge >= 0.3 is 0 Å². The zero-order valence-corrected chi connectivity index (χ0v) is 15.8. The quantitative estimate of drug-likeness (QED) is 0.648. The van der Waals surface area contributed by atoms with E-state index in [1.54, 1.807) is 0 Å². The number of likely N-dealkylation sites (N-methyl/N-ethyl adjacent to an activating group) is 1. The first kappa shape index (κ1) is 17.5. The van der Waals surface area contributed by atoms with Crippen molar-refractivity contribution in [3.63, 3.8) is 0 Å². The molecule has 0 unspecified atom stereocenters. The molecule has 1 aromatic rings. The van der Waals surface area contributed by atoms with Crippen LogP contribution in [0.3, 0.4) is 0 Å². The van der Waals surface area contributed by atoms with Gasteiger partial charge in [0.05, 0.1) is 12.6 Å². The largest absolute Gasteiger partial charge is 0.393 e. The summed E-state index contributed by atoms with van der Waals surface area (Å²) in [6.45, 7) is 4.13. The number of nitrogens with zero attached hydrogens (tertiary/aromatic N) is 3. The Kier molecular flexibility index (Phi) is 4.98. The van der Waals surface area contributed by atoms with E-state index in [1.165, 1.54) is 12.0 Å². The first-order valence-corrected chi connectivity index (χ1v) is 9.91. The van der Waals surface area contributed by atoms with Crippen molar-refractivity contribution in [2.75, 3.05) is 20.1 Å². The Morgan fingerprint density at radius 2 is 2.04 bits per heavy atom. The molecule has 2 aliphatic carbocycles. The number of guanidine groups is 1. The van der Waals surface area contributed by atoms with Crippen LogP contribution in [0, 0.1) is 23.7 Å². The Labute approximate surface area is 156 Å². The van der Waals surface area contributed by atoms with Crippen LogP contribution in [0.25, 0.3) is 0 Å². The lowest BCUT2D eigenvalue weighted by Gasteiger charge is -2.39. The van der Waals surface area contributed by atoms with Gasteiger partial charge in [-0.2, -0.15) is 5.10 Å². The number of rotatable bonds is 3. The summed E-state index contributed by atoms with van der Waals surface area (Å²) in [5.74, 6) is 3.26. The minimum atomic E-state index is -0.211. The average Bonchev–Trinajstić information content (AvgIpc) is 3.20. The maximum absolute atomic E-state index is 10.7. The number of aliphatic imine (C=N–C) groups is 1. The van der Waals surface area contributed by atoms with Crippen LogP contribution in [0.15, 0.2) is 40.4 Å². The van der Waals surface area contributed by atoms with Crippen LogP contribution >= 0.6 is 0 Å². The molecule has 4 rings (SSSR count). The van der Waals surface area contributed by atoms with E-state index in [0.717, 1.165) is 31.9 Å². The van der Waals surface area contributed by atoms with Crippen molar-refractivity contribution >= 4 is 12.2 Å². The second-order valence-corrected chi connectivity index (χ2v) is 8.28. The number of hydrazone groups is 1. The third kappa shape index (κ3) is 3.37. The molecule has 1 aliphatic heterocycles. The lowest BCUT2D eigenvalue weighted by molar-refractivity contribution is 0.0662. The summed E-state index contributed by atoms with van der Waals surface area (Å²) in [7, 11) is 2.02. The number of benzene rings is 1. The molecule has 0 aromatic heterocycles. The third-order valence-corrected chi connectivity index (χ3v) is 6.63. The Morgan fingerprint density at radius 1 is 1.23 bits per heavy atom. The molecular formula is C21H30N4O.